The Morgan fingerprint density at radius 3 is 1.31 bits per heavy atom. The second kappa shape index (κ2) is 4.31. The van der Waals surface area contributed by atoms with Crippen molar-refractivity contribution in [2.45, 2.75) is 60.7 Å². The van der Waals surface area contributed by atoms with Gasteiger partial charge in [-0.3, -0.25) is 0 Å². The Morgan fingerprint density at radius 2 is 1.06 bits per heavy atom. The molecule has 0 aromatic heterocycles. The first-order valence-corrected chi connectivity index (χ1v) is 6.10. The van der Waals surface area contributed by atoms with Gasteiger partial charge in [-0.15, -0.1) is 0 Å². The molecule has 0 spiro atoms. The van der Waals surface area contributed by atoms with Crippen molar-refractivity contribution in [3.63, 3.8) is 0 Å². The van der Waals surface area contributed by atoms with Crippen molar-refractivity contribution in [3.8, 4) is 0 Å². The number of hydrogen-bond acceptors (Lipinski definition) is 2. The molecular weight excluding hydrogens is 200 g/mol. The van der Waals surface area contributed by atoms with Crippen LogP contribution in [0.5, 0.6) is 0 Å². The summed E-state index contributed by atoms with van der Waals surface area (Å²) in [6.07, 6.45) is 3.77. The van der Waals surface area contributed by atoms with E-state index in [1.54, 1.807) is 12.5 Å². The van der Waals surface area contributed by atoms with Gasteiger partial charge in [0.1, 0.15) is 24.7 Å². The Kier molecular flexibility index (Phi) is 3.61. The van der Waals surface area contributed by atoms with Crippen LogP contribution in [0.25, 0.3) is 0 Å². The van der Waals surface area contributed by atoms with Gasteiger partial charge in [0.05, 0.1) is 0 Å². The van der Waals surface area contributed by atoms with E-state index in [0.717, 1.165) is 0 Å². The monoisotopic (exact) mass is 226 g/mol. The van der Waals surface area contributed by atoms with E-state index in [9.17, 15) is 0 Å². The largest absolute Gasteiger partial charge is 0.494 e. The molecule has 0 saturated heterocycles. The molecule has 0 amide bonds. The maximum atomic E-state index is 5.80. The van der Waals surface area contributed by atoms with E-state index in [1.165, 1.54) is 0 Å². The van der Waals surface area contributed by atoms with Crippen molar-refractivity contribution in [2.75, 3.05) is 0 Å². The highest BCUT2D eigenvalue weighted by molar-refractivity contribution is 4.93. The molecule has 2 atom stereocenters. The van der Waals surface area contributed by atoms with Crippen molar-refractivity contribution in [1.82, 2.24) is 0 Å². The molecular formula is C14H26O2. The predicted molar refractivity (Wildman–Crippen MR) is 67.0 cm³/mol. The maximum Gasteiger partial charge on any atom is 0.118 e. The highest BCUT2D eigenvalue weighted by Crippen LogP contribution is 2.38. The molecule has 0 radical (unpaired) electrons. The molecule has 0 aromatic carbocycles. The topological polar surface area (TPSA) is 18.5 Å². The standard InChI is InChI=1S/C14H26O2/c1-10-11(13(2,3)4)15-8-9-16-12(10)14(5,6)7/h8-12H,1-7H3. The Bertz CT molecular complexity index is 229. The Hall–Kier alpha value is -0.660. The van der Waals surface area contributed by atoms with Crippen LogP contribution in [0.3, 0.4) is 0 Å². The molecule has 94 valence electrons. The molecule has 0 bridgehead atoms. The zero-order chi connectivity index (χ0) is 12.6. The lowest BCUT2D eigenvalue weighted by molar-refractivity contribution is -0.0626. The fourth-order valence-electron chi connectivity index (χ4n) is 2.63. The SMILES string of the molecule is CC1C(C(C)(C)C)OC=COC1C(C)(C)C. The van der Waals surface area contributed by atoms with E-state index < -0.39 is 0 Å². The maximum absolute atomic E-state index is 5.80. The molecule has 0 N–H and O–H groups in total. The Morgan fingerprint density at radius 1 is 0.750 bits per heavy atom. The first-order chi connectivity index (χ1) is 7.14. The molecule has 1 aliphatic heterocycles. The van der Waals surface area contributed by atoms with E-state index in [1.807, 2.05) is 0 Å². The van der Waals surface area contributed by atoms with Crippen LogP contribution in [-0.2, 0) is 9.47 Å². The summed E-state index contributed by atoms with van der Waals surface area (Å²) >= 11 is 0. The van der Waals surface area contributed by atoms with Crippen LogP contribution < -0.4 is 0 Å². The predicted octanol–water partition coefficient (Wildman–Crippen LogP) is 3.97. The number of rotatable bonds is 0. The minimum absolute atomic E-state index is 0.126. The minimum Gasteiger partial charge on any atom is -0.494 e. The first-order valence-electron chi connectivity index (χ1n) is 6.10. The molecule has 16 heavy (non-hydrogen) atoms. The van der Waals surface area contributed by atoms with Gasteiger partial charge >= 0.3 is 0 Å². The van der Waals surface area contributed by atoms with Crippen LogP contribution in [0.2, 0.25) is 0 Å². The van der Waals surface area contributed by atoms with E-state index >= 15 is 0 Å². The molecule has 0 aliphatic carbocycles. The van der Waals surface area contributed by atoms with Gasteiger partial charge in [0.2, 0.25) is 0 Å². The third-order valence-electron chi connectivity index (χ3n) is 3.17. The Labute approximate surface area is 100 Å². The fraction of sp³-hybridized carbons (Fsp3) is 0.857. The van der Waals surface area contributed by atoms with E-state index in [2.05, 4.69) is 48.5 Å². The smallest absolute Gasteiger partial charge is 0.118 e. The van der Waals surface area contributed by atoms with Gasteiger partial charge in [-0.05, 0) is 10.8 Å². The first kappa shape index (κ1) is 13.4. The molecule has 2 nitrogen and oxygen atoms in total. The minimum atomic E-state index is 0.126. The summed E-state index contributed by atoms with van der Waals surface area (Å²) in [6, 6.07) is 0. The van der Waals surface area contributed by atoms with Crippen molar-refractivity contribution < 1.29 is 9.47 Å². The molecule has 2 heteroatoms. The molecule has 1 aliphatic rings. The van der Waals surface area contributed by atoms with Crippen LogP contribution in [0, 0.1) is 16.7 Å². The summed E-state index contributed by atoms with van der Waals surface area (Å²) in [6.45, 7) is 15.5. The second-order valence-corrected chi connectivity index (χ2v) is 6.98. The van der Waals surface area contributed by atoms with Crippen LogP contribution in [-0.4, -0.2) is 12.2 Å². The second-order valence-electron chi connectivity index (χ2n) is 6.98. The summed E-state index contributed by atoms with van der Waals surface area (Å²) in [7, 11) is 0. The average Bonchev–Trinajstić information content (AvgIpc) is 2.23. The molecule has 0 saturated carbocycles. The third kappa shape index (κ3) is 2.93. The molecule has 2 unspecified atom stereocenters. The lowest BCUT2D eigenvalue weighted by Gasteiger charge is -2.40. The highest BCUT2D eigenvalue weighted by atomic mass is 16.5. The number of ether oxygens (including phenoxy) is 2. The van der Waals surface area contributed by atoms with Crippen LogP contribution >= 0.6 is 0 Å². The average molecular weight is 226 g/mol. The normalized spacial score (nSPS) is 31.6. The summed E-state index contributed by atoms with van der Waals surface area (Å²) in [5.74, 6) is 0.370. The molecule has 0 aromatic rings. The third-order valence-corrected chi connectivity index (χ3v) is 3.17. The van der Waals surface area contributed by atoms with Crippen molar-refractivity contribution >= 4 is 0 Å². The zero-order valence-electron chi connectivity index (χ0n) is 11.7. The summed E-state index contributed by atoms with van der Waals surface area (Å²) in [5, 5.41) is 0. The van der Waals surface area contributed by atoms with Crippen molar-refractivity contribution in [1.29, 1.82) is 0 Å². The van der Waals surface area contributed by atoms with Gasteiger partial charge in [-0.2, -0.15) is 0 Å². The molecule has 0 fully saturated rings. The summed E-state index contributed by atoms with van der Waals surface area (Å²) in [4.78, 5) is 0. The van der Waals surface area contributed by atoms with Crippen molar-refractivity contribution in [3.05, 3.63) is 12.5 Å². The van der Waals surface area contributed by atoms with Gasteiger partial charge in [0.15, 0.2) is 0 Å². The van der Waals surface area contributed by atoms with E-state index in [0.29, 0.717) is 5.92 Å². The zero-order valence-corrected chi connectivity index (χ0v) is 11.7. The van der Waals surface area contributed by atoms with Crippen LogP contribution in [0.4, 0.5) is 0 Å². The van der Waals surface area contributed by atoms with E-state index in [-0.39, 0.29) is 23.0 Å². The lowest BCUT2D eigenvalue weighted by Crippen LogP contribution is -2.44. The van der Waals surface area contributed by atoms with Gasteiger partial charge in [-0.1, -0.05) is 48.5 Å². The van der Waals surface area contributed by atoms with Gasteiger partial charge < -0.3 is 9.47 Å². The fourth-order valence-corrected chi connectivity index (χ4v) is 2.63. The number of hydrogen-bond donors (Lipinski definition) is 0. The van der Waals surface area contributed by atoms with Crippen LogP contribution in [0.1, 0.15) is 48.5 Å². The summed E-state index contributed by atoms with van der Waals surface area (Å²) in [5.41, 5.74) is 0.252. The van der Waals surface area contributed by atoms with Gasteiger partial charge in [0, 0.05) is 5.92 Å². The van der Waals surface area contributed by atoms with E-state index in [4.69, 9.17) is 9.47 Å². The summed E-state index contributed by atoms with van der Waals surface area (Å²) < 4.78 is 11.6. The van der Waals surface area contributed by atoms with Gasteiger partial charge in [0.25, 0.3) is 0 Å². The van der Waals surface area contributed by atoms with Gasteiger partial charge in [-0.25, -0.2) is 0 Å². The molecule has 1 rings (SSSR count). The molecule has 1 heterocycles. The Balaban J connectivity index is 2.94. The quantitative estimate of drug-likeness (QED) is 0.622. The highest BCUT2D eigenvalue weighted by Gasteiger charge is 2.42. The lowest BCUT2D eigenvalue weighted by atomic mass is 9.73. The van der Waals surface area contributed by atoms with Crippen molar-refractivity contribution in [2.24, 2.45) is 16.7 Å². The van der Waals surface area contributed by atoms with Crippen LogP contribution in [0.15, 0.2) is 12.5 Å².